The van der Waals surface area contributed by atoms with Gasteiger partial charge in [-0.3, -0.25) is 8.87 Å². The van der Waals surface area contributed by atoms with Gasteiger partial charge < -0.3 is 14.2 Å². The van der Waals surface area contributed by atoms with Gasteiger partial charge in [0.05, 0.1) is 29.8 Å². The third-order valence-electron chi connectivity index (χ3n) is 5.10. The summed E-state index contributed by atoms with van der Waals surface area (Å²) in [6.45, 7) is 7.14. The van der Waals surface area contributed by atoms with Crippen molar-refractivity contribution in [1.29, 1.82) is 0 Å². The van der Waals surface area contributed by atoms with Crippen LogP contribution in [0.5, 0.6) is 0 Å². The molecule has 3 rings (SSSR count). The highest BCUT2D eigenvalue weighted by molar-refractivity contribution is 7.93. The maximum Gasteiger partial charge on any atom is 0.363 e. The largest absolute Gasteiger partial charge is 0.507 e. The van der Waals surface area contributed by atoms with E-state index in [2.05, 4.69) is 0 Å². The molecule has 168 valence electrons. The highest BCUT2D eigenvalue weighted by Gasteiger charge is 2.48. The van der Waals surface area contributed by atoms with E-state index >= 15 is 0 Å². The van der Waals surface area contributed by atoms with Crippen LogP contribution in [-0.2, 0) is 23.6 Å². The maximum absolute atomic E-state index is 13.8. The van der Waals surface area contributed by atoms with Crippen LogP contribution in [0.2, 0.25) is 0 Å². The number of hydrogen-bond donors (Lipinski definition) is 1. The second-order valence-electron chi connectivity index (χ2n) is 7.12. The van der Waals surface area contributed by atoms with Crippen molar-refractivity contribution in [1.82, 2.24) is 0 Å². The molecule has 9 heteroatoms. The zero-order valence-corrected chi connectivity index (χ0v) is 19.8. The van der Waals surface area contributed by atoms with Gasteiger partial charge in [-0.25, -0.2) is 8.42 Å². The van der Waals surface area contributed by atoms with Crippen LogP contribution in [-0.4, -0.2) is 32.8 Å². The summed E-state index contributed by atoms with van der Waals surface area (Å²) in [7, 11) is -8.01. The lowest BCUT2D eigenvalue weighted by molar-refractivity contribution is 0.224. The fourth-order valence-electron chi connectivity index (χ4n) is 3.75. The predicted octanol–water partition coefficient (Wildman–Crippen LogP) is 5.48. The molecule has 2 aromatic carbocycles. The number of nitrogens with zero attached hydrogens (tertiary/aromatic N) is 1. The Morgan fingerprint density at radius 1 is 1.00 bits per heavy atom. The van der Waals surface area contributed by atoms with E-state index in [0.717, 1.165) is 5.56 Å². The van der Waals surface area contributed by atoms with E-state index in [0.29, 0.717) is 5.69 Å². The molecule has 2 aromatic rings. The van der Waals surface area contributed by atoms with Gasteiger partial charge in [0.1, 0.15) is 11.1 Å². The van der Waals surface area contributed by atoms with Gasteiger partial charge in [-0.2, -0.15) is 0 Å². The smallest absolute Gasteiger partial charge is 0.363 e. The lowest BCUT2D eigenvalue weighted by Gasteiger charge is -2.40. The quantitative estimate of drug-likeness (QED) is 0.519. The van der Waals surface area contributed by atoms with Crippen molar-refractivity contribution in [2.45, 2.75) is 45.1 Å². The van der Waals surface area contributed by atoms with E-state index in [1.165, 1.54) is 4.31 Å². The van der Waals surface area contributed by atoms with Crippen LogP contribution in [0.1, 0.15) is 38.3 Å². The van der Waals surface area contributed by atoms with Crippen molar-refractivity contribution in [2.75, 3.05) is 17.5 Å². The van der Waals surface area contributed by atoms with Crippen molar-refractivity contribution >= 4 is 29.1 Å². The normalized spacial score (nSPS) is 17.0. The summed E-state index contributed by atoms with van der Waals surface area (Å²) in [5, 5.41) is 11.1. The number of sulfonamides is 1. The molecule has 0 saturated heterocycles. The van der Waals surface area contributed by atoms with Crippen molar-refractivity contribution in [3.8, 4) is 0 Å². The summed E-state index contributed by atoms with van der Waals surface area (Å²) in [6, 6.07) is 12.2. The van der Waals surface area contributed by atoms with Gasteiger partial charge in [0.25, 0.3) is 10.0 Å². The Labute approximate surface area is 183 Å². The third kappa shape index (κ3) is 4.17. The Bertz CT molecular complexity index is 1120. The van der Waals surface area contributed by atoms with Crippen LogP contribution < -0.4 is 4.31 Å². The molecule has 31 heavy (non-hydrogen) atoms. The first-order valence-corrected chi connectivity index (χ1v) is 13.2. The molecule has 1 atom stereocenters. The molecule has 1 aliphatic rings. The molecule has 1 aliphatic heterocycles. The number of rotatable bonds is 8. The van der Waals surface area contributed by atoms with Gasteiger partial charge in [-0.1, -0.05) is 36.8 Å². The van der Waals surface area contributed by atoms with E-state index in [1.807, 2.05) is 6.92 Å². The average Bonchev–Trinajstić information content (AvgIpc) is 2.73. The summed E-state index contributed by atoms with van der Waals surface area (Å²) in [5.41, 5.74) is 1.51. The van der Waals surface area contributed by atoms with Crippen LogP contribution in [0.15, 0.2) is 58.7 Å². The molecule has 0 radical (unpaired) electrons. The Balaban J connectivity index is 2.31. The minimum absolute atomic E-state index is 0.0342. The summed E-state index contributed by atoms with van der Waals surface area (Å²) in [6.07, 6.45) is 0.253. The number of aliphatic hydroxyl groups is 1. The average molecular weight is 466 g/mol. The molecule has 0 amide bonds. The van der Waals surface area contributed by atoms with Crippen LogP contribution in [0, 0.1) is 6.92 Å². The van der Waals surface area contributed by atoms with Gasteiger partial charge >= 0.3 is 7.60 Å². The number of benzene rings is 2. The minimum atomic E-state index is -4.04. The van der Waals surface area contributed by atoms with Crippen LogP contribution in [0.3, 0.4) is 0 Å². The van der Waals surface area contributed by atoms with Crippen molar-refractivity contribution < 1.29 is 27.1 Å². The van der Waals surface area contributed by atoms with E-state index in [-0.39, 0.29) is 41.2 Å². The number of aliphatic hydroxyl groups excluding tert-OH is 1. The summed E-state index contributed by atoms with van der Waals surface area (Å²) < 4.78 is 53.5. The third-order valence-corrected chi connectivity index (χ3v) is 9.23. The molecule has 0 fully saturated rings. The Morgan fingerprint density at radius 2 is 1.58 bits per heavy atom. The second-order valence-corrected chi connectivity index (χ2v) is 10.9. The fraction of sp³-hybridized carbons (Fsp3) is 0.364. The van der Waals surface area contributed by atoms with Gasteiger partial charge in [-0.05, 0) is 51.5 Å². The van der Waals surface area contributed by atoms with Crippen molar-refractivity contribution in [3.63, 3.8) is 0 Å². The van der Waals surface area contributed by atoms with Gasteiger partial charge in [0, 0.05) is 5.56 Å². The molecule has 0 bridgehead atoms. The number of anilines is 1. The van der Waals surface area contributed by atoms with Gasteiger partial charge in [-0.15, -0.1) is 0 Å². The molecule has 0 aliphatic carbocycles. The van der Waals surface area contributed by atoms with Gasteiger partial charge in [0.15, 0.2) is 0 Å². The predicted molar refractivity (Wildman–Crippen MR) is 122 cm³/mol. The van der Waals surface area contributed by atoms with Crippen molar-refractivity contribution in [3.05, 3.63) is 65.0 Å². The highest BCUT2D eigenvalue weighted by atomic mass is 32.2. The summed E-state index contributed by atoms with van der Waals surface area (Å²) in [4.78, 5) is 0.106. The summed E-state index contributed by atoms with van der Waals surface area (Å²) in [5.74, 6) is -0.261. The Kier molecular flexibility index (Phi) is 6.96. The minimum Gasteiger partial charge on any atom is -0.507 e. The Hall–Kier alpha value is -2.12. The standard InChI is InChI=1S/C22H28NO6PS/c1-5-19-22(30(25,28-6-2)29-7-3)21(24)18-10-8-9-11-20(18)23(19)31(26,27)17-14-12-16(4)13-15-17/h8-15,19,24H,5-7H2,1-4H3. The molecular weight excluding hydrogens is 437 g/mol. The van der Waals surface area contributed by atoms with Gasteiger partial charge in [0.2, 0.25) is 0 Å². The zero-order chi connectivity index (χ0) is 22.8. The van der Waals surface area contributed by atoms with E-state index in [4.69, 9.17) is 9.05 Å². The van der Waals surface area contributed by atoms with E-state index in [1.54, 1.807) is 69.3 Å². The topological polar surface area (TPSA) is 93.1 Å². The molecule has 0 aromatic heterocycles. The molecule has 0 saturated carbocycles. The molecular formula is C22H28NO6PS. The second kappa shape index (κ2) is 9.17. The monoisotopic (exact) mass is 465 g/mol. The number of fused-ring (bicyclic) bond motifs is 1. The fourth-order valence-corrected chi connectivity index (χ4v) is 7.62. The van der Waals surface area contributed by atoms with Crippen LogP contribution in [0.4, 0.5) is 5.69 Å². The van der Waals surface area contributed by atoms with E-state index in [9.17, 15) is 18.1 Å². The first-order valence-electron chi connectivity index (χ1n) is 10.2. The molecule has 1 N–H and O–H groups in total. The number of aryl methyl sites for hydroxylation is 1. The summed E-state index contributed by atoms with van der Waals surface area (Å²) >= 11 is 0. The Morgan fingerprint density at radius 3 is 2.13 bits per heavy atom. The lowest BCUT2D eigenvalue weighted by atomic mass is 10.0. The molecule has 0 spiro atoms. The van der Waals surface area contributed by atoms with Crippen LogP contribution >= 0.6 is 7.60 Å². The first-order chi connectivity index (χ1) is 14.7. The molecule has 1 unspecified atom stereocenters. The first kappa shape index (κ1) is 23.5. The zero-order valence-electron chi connectivity index (χ0n) is 18.1. The maximum atomic E-state index is 13.8. The SMILES string of the molecule is CCOP(=O)(OCC)C1=C(O)c2ccccc2N(S(=O)(=O)c2ccc(C)cc2)C1CC. The molecule has 7 nitrogen and oxygen atoms in total. The lowest BCUT2D eigenvalue weighted by Crippen LogP contribution is -2.44. The van der Waals surface area contributed by atoms with E-state index < -0.39 is 23.7 Å². The van der Waals surface area contributed by atoms with Crippen LogP contribution in [0.25, 0.3) is 5.76 Å². The van der Waals surface area contributed by atoms with Crippen molar-refractivity contribution in [2.24, 2.45) is 0 Å². The molecule has 1 heterocycles. The number of para-hydroxylation sites is 1. The highest BCUT2D eigenvalue weighted by Crippen LogP contribution is 2.62. The number of hydrogen-bond acceptors (Lipinski definition) is 6.